The molecule has 0 saturated carbocycles. The van der Waals surface area contributed by atoms with Crippen LogP contribution in [0.1, 0.15) is 10.6 Å². The van der Waals surface area contributed by atoms with E-state index in [-0.39, 0.29) is 28.0 Å². The smallest absolute Gasteiger partial charge is 0.312 e. The van der Waals surface area contributed by atoms with Crippen LogP contribution in [0.15, 0.2) is 41.0 Å². The second-order valence-corrected chi connectivity index (χ2v) is 7.94. The maximum absolute atomic E-state index is 12.1. The van der Waals surface area contributed by atoms with Crippen molar-refractivity contribution in [2.45, 2.75) is 9.96 Å². The first-order valence-electron chi connectivity index (χ1n) is 7.43. The number of halogens is 3. The van der Waals surface area contributed by atoms with Gasteiger partial charge in [0.1, 0.15) is 6.17 Å². The Labute approximate surface area is 179 Å². The van der Waals surface area contributed by atoms with Crippen LogP contribution < -0.4 is 20.7 Å². The number of furan rings is 1. The molecule has 0 fully saturated rings. The van der Waals surface area contributed by atoms with E-state index in [1.165, 1.54) is 43.7 Å². The molecule has 0 unspecified atom stereocenters. The van der Waals surface area contributed by atoms with Crippen molar-refractivity contribution in [2.24, 2.45) is 0 Å². The van der Waals surface area contributed by atoms with Gasteiger partial charge in [-0.3, -0.25) is 14.9 Å². The highest BCUT2D eigenvalue weighted by Crippen LogP contribution is 2.31. The van der Waals surface area contributed by atoms with Gasteiger partial charge in [-0.1, -0.05) is 34.8 Å². The lowest BCUT2D eigenvalue weighted by Gasteiger charge is -2.27. The van der Waals surface area contributed by atoms with Crippen molar-refractivity contribution in [3.8, 4) is 5.75 Å². The van der Waals surface area contributed by atoms with Gasteiger partial charge in [0.2, 0.25) is 3.79 Å². The molecule has 3 N–H and O–H groups in total. The van der Waals surface area contributed by atoms with E-state index in [1.54, 1.807) is 0 Å². The number of ether oxygens (including phenoxy) is 1. The zero-order chi connectivity index (χ0) is 20.9. The maximum Gasteiger partial charge on any atom is 0.312 e. The van der Waals surface area contributed by atoms with Crippen LogP contribution in [-0.2, 0) is 0 Å². The van der Waals surface area contributed by atoms with Gasteiger partial charge in [-0.25, -0.2) is 0 Å². The molecular weight excluding hydrogens is 455 g/mol. The Hall–Kier alpha value is -2.27. The van der Waals surface area contributed by atoms with Crippen LogP contribution in [0.5, 0.6) is 5.75 Å². The predicted molar refractivity (Wildman–Crippen MR) is 109 cm³/mol. The van der Waals surface area contributed by atoms with Gasteiger partial charge in [-0.05, 0) is 36.5 Å². The monoisotopic (exact) mass is 466 g/mol. The van der Waals surface area contributed by atoms with E-state index in [9.17, 15) is 14.9 Å². The molecule has 0 aliphatic heterocycles. The van der Waals surface area contributed by atoms with Crippen LogP contribution >= 0.6 is 47.0 Å². The first kappa shape index (κ1) is 22.0. The number of nitrogens with one attached hydrogen (secondary N) is 3. The van der Waals surface area contributed by atoms with Gasteiger partial charge in [0.05, 0.1) is 18.3 Å². The largest absolute Gasteiger partial charge is 0.490 e. The molecule has 0 aliphatic rings. The minimum atomic E-state index is -1.97. The Balaban J connectivity index is 2.10. The lowest BCUT2D eigenvalue weighted by molar-refractivity contribution is -0.385. The molecule has 1 heterocycles. The summed E-state index contributed by atoms with van der Waals surface area (Å²) < 4.78 is 7.93. The summed E-state index contributed by atoms with van der Waals surface area (Å²) in [7, 11) is 1.31. The first-order valence-corrected chi connectivity index (χ1v) is 8.97. The Kier molecular flexibility index (Phi) is 7.30. The number of nitrogens with zero attached hydrogens (tertiary/aromatic N) is 1. The van der Waals surface area contributed by atoms with E-state index in [4.69, 9.17) is 56.2 Å². The SMILES string of the molecule is COc1ccc(NC(=S)N[C@H](NC(=O)c2ccco2)C(Cl)(Cl)Cl)cc1[N+](=O)[O-]. The number of nitro groups is 1. The minimum absolute atomic E-state index is 0.00528. The second kappa shape index (κ2) is 9.28. The Morgan fingerprint density at radius 3 is 2.57 bits per heavy atom. The Bertz CT molecular complexity index is 873. The summed E-state index contributed by atoms with van der Waals surface area (Å²) in [6.45, 7) is 0. The molecule has 0 saturated heterocycles. The summed E-state index contributed by atoms with van der Waals surface area (Å²) in [5.74, 6) is -0.554. The van der Waals surface area contributed by atoms with Crippen molar-refractivity contribution >= 4 is 69.4 Å². The van der Waals surface area contributed by atoms with Gasteiger partial charge < -0.3 is 25.1 Å². The quantitative estimate of drug-likeness (QED) is 0.194. The summed E-state index contributed by atoms with van der Waals surface area (Å²) in [6.07, 6.45) is 0.0819. The lowest BCUT2D eigenvalue weighted by Crippen LogP contribution is -2.56. The molecule has 1 amide bonds. The van der Waals surface area contributed by atoms with Crippen molar-refractivity contribution in [2.75, 3.05) is 12.4 Å². The number of anilines is 1. The fourth-order valence-electron chi connectivity index (χ4n) is 2.02. The highest BCUT2D eigenvalue weighted by molar-refractivity contribution is 7.80. The molecule has 2 rings (SSSR count). The number of hydrogen-bond donors (Lipinski definition) is 3. The number of amides is 1. The third-order valence-electron chi connectivity index (χ3n) is 3.26. The summed E-state index contributed by atoms with van der Waals surface area (Å²) in [5.41, 5.74) is 0.0183. The average Bonchev–Trinajstić information content (AvgIpc) is 3.15. The van der Waals surface area contributed by atoms with Crippen molar-refractivity contribution in [3.05, 3.63) is 52.5 Å². The van der Waals surface area contributed by atoms with Gasteiger partial charge >= 0.3 is 5.69 Å². The normalized spacial score (nSPS) is 12.0. The molecule has 9 nitrogen and oxygen atoms in total. The van der Waals surface area contributed by atoms with Gasteiger partial charge in [0, 0.05) is 11.8 Å². The number of thiocarbonyl (C=S) groups is 1. The molecule has 0 aliphatic carbocycles. The van der Waals surface area contributed by atoms with E-state index >= 15 is 0 Å². The van der Waals surface area contributed by atoms with Gasteiger partial charge in [0.25, 0.3) is 5.91 Å². The van der Waals surface area contributed by atoms with E-state index in [0.717, 1.165) is 0 Å². The number of benzene rings is 1. The van der Waals surface area contributed by atoms with Crippen LogP contribution in [0.3, 0.4) is 0 Å². The number of hydrogen-bond acceptors (Lipinski definition) is 6. The highest BCUT2D eigenvalue weighted by Gasteiger charge is 2.35. The number of methoxy groups -OCH3 is 1. The molecule has 150 valence electrons. The van der Waals surface area contributed by atoms with Gasteiger partial charge in [0.15, 0.2) is 16.6 Å². The number of alkyl halides is 3. The van der Waals surface area contributed by atoms with Crippen molar-refractivity contribution in [1.29, 1.82) is 0 Å². The van der Waals surface area contributed by atoms with E-state index in [1.807, 2.05) is 0 Å². The molecule has 1 aromatic heterocycles. The fraction of sp³-hybridized carbons (Fsp3) is 0.200. The summed E-state index contributed by atoms with van der Waals surface area (Å²) in [6, 6.07) is 7.08. The molecule has 0 spiro atoms. The number of rotatable bonds is 6. The average molecular weight is 468 g/mol. The topological polar surface area (TPSA) is 119 Å². The minimum Gasteiger partial charge on any atom is -0.490 e. The van der Waals surface area contributed by atoms with E-state index in [0.29, 0.717) is 0 Å². The molecule has 13 heteroatoms. The third-order valence-corrected chi connectivity index (χ3v) is 4.13. The highest BCUT2D eigenvalue weighted by atomic mass is 35.6. The number of carbonyl (C=O) groups excluding carboxylic acids is 1. The Morgan fingerprint density at radius 2 is 2.04 bits per heavy atom. The van der Waals surface area contributed by atoms with E-state index < -0.39 is 20.8 Å². The van der Waals surface area contributed by atoms with Crippen LogP contribution in [0.25, 0.3) is 0 Å². The van der Waals surface area contributed by atoms with Crippen molar-refractivity contribution in [1.82, 2.24) is 10.6 Å². The van der Waals surface area contributed by atoms with Crippen molar-refractivity contribution < 1.29 is 18.9 Å². The van der Waals surface area contributed by atoms with Crippen LogP contribution in [0.2, 0.25) is 0 Å². The van der Waals surface area contributed by atoms with Crippen LogP contribution in [0.4, 0.5) is 11.4 Å². The van der Waals surface area contributed by atoms with Crippen molar-refractivity contribution in [3.63, 3.8) is 0 Å². The van der Waals surface area contributed by atoms with Gasteiger partial charge in [-0.2, -0.15) is 0 Å². The standard InChI is InChI=1S/C15H13Cl3N4O5S/c1-26-10-5-4-8(7-9(10)22(24)25)19-14(28)21-13(15(16,17)18)20-12(23)11-3-2-6-27-11/h2-7,13H,1H3,(H,20,23)(H2,19,21,28)/t13-/m0/s1. The molecule has 1 atom stereocenters. The number of carbonyl (C=O) groups is 1. The Morgan fingerprint density at radius 1 is 1.32 bits per heavy atom. The molecule has 2 aromatic rings. The maximum atomic E-state index is 12.1. The molecule has 1 aromatic carbocycles. The molecular formula is C15H13Cl3N4O5S. The predicted octanol–water partition coefficient (Wildman–Crippen LogP) is 3.61. The summed E-state index contributed by atoms with van der Waals surface area (Å²) >= 11 is 22.8. The summed E-state index contributed by atoms with van der Waals surface area (Å²) in [4.78, 5) is 22.6. The van der Waals surface area contributed by atoms with Crippen LogP contribution in [-0.4, -0.2) is 33.0 Å². The summed E-state index contributed by atoms with van der Waals surface area (Å²) in [5, 5.41) is 18.8. The molecule has 0 bridgehead atoms. The van der Waals surface area contributed by atoms with E-state index in [2.05, 4.69) is 16.0 Å². The fourth-order valence-corrected chi connectivity index (χ4v) is 2.58. The second-order valence-electron chi connectivity index (χ2n) is 5.17. The van der Waals surface area contributed by atoms with Gasteiger partial charge in [-0.15, -0.1) is 0 Å². The lowest BCUT2D eigenvalue weighted by atomic mass is 10.2. The molecule has 28 heavy (non-hydrogen) atoms. The zero-order valence-electron chi connectivity index (χ0n) is 14.1. The third kappa shape index (κ3) is 5.86. The first-order chi connectivity index (χ1) is 13.1. The zero-order valence-corrected chi connectivity index (χ0v) is 17.2. The van der Waals surface area contributed by atoms with Crippen LogP contribution in [0, 0.1) is 10.1 Å². The number of nitro benzene ring substituents is 1. The molecule has 0 radical (unpaired) electrons.